The van der Waals surface area contributed by atoms with Crippen molar-refractivity contribution in [2.75, 3.05) is 44.4 Å². The van der Waals surface area contributed by atoms with Crippen LogP contribution in [-0.4, -0.2) is 55.5 Å². The lowest BCUT2D eigenvalue weighted by atomic mass is 9.81. The van der Waals surface area contributed by atoms with E-state index in [9.17, 15) is 0 Å². The van der Waals surface area contributed by atoms with Gasteiger partial charge in [-0.2, -0.15) is 0 Å². The lowest BCUT2D eigenvalue weighted by molar-refractivity contribution is 0.00721. The number of nitrogens with one attached hydrogen (secondary N) is 1. The predicted octanol–water partition coefficient (Wildman–Crippen LogP) is 1.85. The van der Waals surface area contributed by atoms with Gasteiger partial charge in [0.1, 0.15) is 0 Å². The SMILES string of the molecule is CC(C)(C)[C@H]1OCC[C@@H]1CNCc1cnc(N2CCOCC2)nc1. The summed E-state index contributed by atoms with van der Waals surface area (Å²) in [6, 6.07) is 0. The average molecular weight is 334 g/mol. The lowest BCUT2D eigenvalue weighted by Crippen LogP contribution is -2.37. The Balaban J connectivity index is 1.46. The fourth-order valence-electron chi connectivity index (χ4n) is 3.57. The van der Waals surface area contributed by atoms with Gasteiger partial charge in [0.05, 0.1) is 19.3 Å². The van der Waals surface area contributed by atoms with E-state index in [1.165, 1.54) is 0 Å². The second-order valence-electron chi connectivity index (χ2n) is 7.83. The van der Waals surface area contributed by atoms with Crippen LogP contribution >= 0.6 is 0 Å². The number of ether oxygens (including phenoxy) is 2. The summed E-state index contributed by atoms with van der Waals surface area (Å²) in [5.41, 5.74) is 1.32. The van der Waals surface area contributed by atoms with Gasteiger partial charge < -0.3 is 19.7 Å². The average Bonchev–Trinajstić information content (AvgIpc) is 3.05. The van der Waals surface area contributed by atoms with E-state index < -0.39 is 0 Å². The Morgan fingerprint density at radius 3 is 2.54 bits per heavy atom. The molecule has 2 saturated heterocycles. The van der Waals surface area contributed by atoms with E-state index >= 15 is 0 Å². The van der Waals surface area contributed by atoms with Crippen molar-refractivity contribution in [3.8, 4) is 0 Å². The summed E-state index contributed by atoms with van der Waals surface area (Å²) in [5, 5.41) is 3.55. The van der Waals surface area contributed by atoms with Gasteiger partial charge in [-0.3, -0.25) is 0 Å². The molecule has 2 aliphatic rings. The molecule has 0 amide bonds. The smallest absolute Gasteiger partial charge is 0.225 e. The number of nitrogens with zero attached hydrogens (tertiary/aromatic N) is 3. The maximum absolute atomic E-state index is 5.94. The Labute approximate surface area is 145 Å². The van der Waals surface area contributed by atoms with Crippen molar-refractivity contribution in [1.29, 1.82) is 0 Å². The topological polar surface area (TPSA) is 59.5 Å². The Morgan fingerprint density at radius 1 is 1.17 bits per heavy atom. The second kappa shape index (κ2) is 7.76. The zero-order valence-corrected chi connectivity index (χ0v) is 15.1. The number of aromatic nitrogens is 2. The molecule has 2 aliphatic heterocycles. The maximum Gasteiger partial charge on any atom is 0.225 e. The van der Waals surface area contributed by atoms with E-state index in [0.29, 0.717) is 12.0 Å². The van der Waals surface area contributed by atoms with Crippen LogP contribution in [0.15, 0.2) is 12.4 Å². The minimum Gasteiger partial charge on any atom is -0.378 e. The van der Waals surface area contributed by atoms with E-state index in [4.69, 9.17) is 9.47 Å². The molecule has 0 bridgehead atoms. The zero-order chi connectivity index (χ0) is 17.0. The van der Waals surface area contributed by atoms with Crippen molar-refractivity contribution < 1.29 is 9.47 Å². The normalized spacial score (nSPS) is 25.2. The van der Waals surface area contributed by atoms with Gasteiger partial charge in [-0.05, 0) is 11.8 Å². The fraction of sp³-hybridized carbons (Fsp3) is 0.778. The highest BCUT2D eigenvalue weighted by Gasteiger charge is 2.36. The van der Waals surface area contributed by atoms with Crippen LogP contribution in [0.3, 0.4) is 0 Å². The molecule has 0 aliphatic carbocycles. The van der Waals surface area contributed by atoms with E-state index in [0.717, 1.165) is 63.9 Å². The Hall–Kier alpha value is -1.24. The monoisotopic (exact) mass is 334 g/mol. The number of hydrogen-bond donors (Lipinski definition) is 1. The molecule has 0 aromatic carbocycles. The first-order valence-corrected chi connectivity index (χ1v) is 9.00. The van der Waals surface area contributed by atoms with Crippen LogP contribution < -0.4 is 10.2 Å². The molecular weight excluding hydrogens is 304 g/mol. The molecule has 0 saturated carbocycles. The van der Waals surface area contributed by atoms with Crippen LogP contribution in [-0.2, 0) is 16.0 Å². The third-order valence-electron chi connectivity index (χ3n) is 4.79. The van der Waals surface area contributed by atoms with Gasteiger partial charge in [0.2, 0.25) is 5.95 Å². The summed E-state index contributed by atoms with van der Waals surface area (Å²) in [6.07, 6.45) is 5.33. The van der Waals surface area contributed by atoms with Gasteiger partial charge in [-0.25, -0.2) is 9.97 Å². The maximum atomic E-state index is 5.94. The summed E-state index contributed by atoms with van der Waals surface area (Å²) in [5.74, 6) is 1.39. The molecule has 2 atom stereocenters. The predicted molar refractivity (Wildman–Crippen MR) is 94.1 cm³/mol. The minimum absolute atomic E-state index is 0.200. The first-order valence-electron chi connectivity index (χ1n) is 9.00. The van der Waals surface area contributed by atoms with Crippen molar-refractivity contribution in [3.63, 3.8) is 0 Å². The Kier molecular flexibility index (Phi) is 5.69. The lowest BCUT2D eigenvalue weighted by Gasteiger charge is -2.31. The molecule has 134 valence electrons. The molecule has 24 heavy (non-hydrogen) atoms. The largest absolute Gasteiger partial charge is 0.378 e. The van der Waals surface area contributed by atoms with Crippen LogP contribution in [0.1, 0.15) is 32.8 Å². The molecule has 0 spiro atoms. The van der Waals surface area contributed by atoms with E-state index in [2.05, 4.69) is 41.0 Å². The number of morpholine rings is 1. The van der Waals surface area contributed by atoms with Gasteiger partial charge in [0.25, 0.3) is 0 Å². The first-order chi connectivity index (χ1) is 11.5. The molecule has 1 aromatic heterocycles. The minimum atomic E-state index is 0.200. The van der Waals surface area contributed by atoms with E-state index in [-0.39, 0.29) is 5.41 Å². The van der Waals surface area contributed by atoms with Gasteiger partial charge >= 0.3 is 0 Å². The van der Waals surface area contributed by atoms with Crippen molar-refractivity contribution in [2.45, 2.75) is 39.8 Å². The summed E-state index contributed by atoms with van der Waals surface area (Å²) < 4.78 is 11.3. The van der Waals surface area contributed by atoms with Gasteiger partial charge in [0.15, 0.2) is 0 Å². The summed E-state index contributed by atoms with van der Waals surface area (Å²) >= 11 is 0. The first kappa shape index (κ1) is 17.6. The van der Waals surface area contributed by atoms with Crippen molar-refractivity contribution in [3.05, 3.63) is 18.0 Å². The molecule has 0 radical (unpaired) electrons. The molecule has 1 aromatic rings. The number of rotatable bonds is 5. The van der Waals surface area contributed by atoms with Crippen LogP contribution in [0.25, 0.3) is 0 Å². The number of anilines is 1. The van der Waals surface area contributed by atoms with Crippen LogP contribution in [0.2, 0.25) is 0 Å². The highest BCUT2D eigenvalue weighted by atomic mass is 16.5. The van der Waals surface area contributed by atoms with Crippen LogP contribution in [0.5, 0.6) is 0 Å². The Bertz CT molecular complexity index is 509. The third-order valence-corrected chi connectivity index (χ3v) is 4.79. The molecule has 0 unspecified atom stereocenters. The molecule has 6 heteroatoms. The summed E-state index contributed by atoms with van der Waals surface area (Å²) in [6.45, 7) is 12.7. The number of hydrogen-bond acceptors (Lipinski definition) is 6. The van der Waals surface area contributed by atoms with Crippen molar-refractivity contribution >= 4 is 5.95 Å². The summed E-state index contributed by atoms with van der Waals surface area (Å²) in [7, 11) is 0. The molecule has 3 heterocycles. The Morgan fingerprint density at radius 2 is 1.88 bits per heavy atom. The highest BCUT2D eigenvalue weighted by molar-refractivity contribution is 5.30. The third kappa shape index (κ3) is 4.43. The van der Waals surface area contributed by atoms with Crippen molar-refractivity contribution in [1.82, 2.24) is 15.3 Å². The van der Waals surface area contributed by atoms with E-state index in [1.54, 1.807) is 0 Å². The molecular formula is C18H30N4O2. The van der Waals surface area contributed by atoms with Crippen LogP contribution in [0, 0.1) is 11.3 Å². The molecule has 1 N–H and O–H groups in total. The van der Waals surface area contributed by atoms with Gasteiger partial charge in [-0.1, -0.05) is 20.8 Å². The highest BCUT2D eigenvalue weighted by Crippen LogP contribution is 2.34. The molecule has 2 fully saturated rings. The zero-order valence-electron chi connectivity index (χ0n) is 15.1. The molecule has 3 rings (SSSR count). The second-order valence-corrected chi connectivity index (χ2v) is 7.83. The fourth-order valence-corrected chi connectivity index (χ4v) is 3.57. The summed E-state index contributed by atoms with van der Waals surface area (Å²) in [4.78, 5) is 11.2. The van der Waals surface area contributed by atoms with Crippen LogP contribution in [0.4, 0.5) is 5.95 Å². The standard InChI is InChI=1S/C18H30N4O2/c1-18(2,3)16-15(4-7-24-16)13-19-10-14-11-20-17(21-12-14)22-5-8-23-9-6-22/h11-12,15-16,19H,4-10,13H2,1-3H3/t15-,16+/m1/s1. The van der Waals surface area contributed by atoms with E-state index in [1.807, 2.05) is 12.4 Å². The van der Waals surface area contributed by atoms with Crippen molar-refractivity contribution in [2.24, 2.45) is 11.3 Å². The quantitative estimate of drug-likeness (QED) is 0.887. The molecule has 6 nitrogen and oxygen atoms in total. The van der Waals surface area contributed by atoms with Gasteiger partial charge in [0, 0.05) is 56.7 Å². The van der Waals surface area contributed by atoms with Gasteiger partial charge in [-0.15, -0.1) is 0 Å².